The van der Waals surface area contributed by atoms with Gasteiger partial charge in [-0.1, -0.05) is 6.07 Å². The van der Waals surface area contributed by atoms with Gasteiger partial charge < -0.3 is 28.4 Å². The lowest BCUT2D eigenvalue weighted by molar-refractivity contribution is -0.147. The summed E-state index contributed by atoms with van der Waals surface area (Å²) in [4.78, 5) is 36.8. The van der Waals surface area contributed by atoms with Gasteiger partial charge in [0.05, 0.1) is 42.0 Å². The fourth-order valence-electron chi connectivity index (χ4n) is 3.30. The van der Waals surface area contributed by atoms with E-state index in [0.717, 1.165) is 0 Å². The van der Waals surface area contributed by atoms with E-state index in [4.69, 9.17) is 28.4 Å². The van der Waals surface area contributed by atoms with E-state index in [-0.39, 0.29) is 23.7 Å². The summed E-state index contributed by atoms with van der Waals surface area (Å²) < 4.78 is 31.9. The molecule has 0 aliphatic carbocycles. The van der Waals surface area contributed by atoms with Crippen molar-refractivity contribution in [2.75, 3.05) is 35.5 Å². The van der Waals surface area contributed by atoms with E-state index in [2.05, 4.69) is 0 Å². The number of carbonyl (C=O) groups is 3. The maximum Gasteiger partial charge on any atom is 0.316 e. The number of hydrogen-bond donors (Lipinski definition) is 0. The molecule has 0 radical (unpaired) electrons. The molecule has 2 rings (SSSR count). The second-order valence-corrected chi connectivity index (χ2v) is 6.97. The molecule has 0 bridgehead atoms. The number of hydrogen-bond acceptors (Lipinski definition) is 9. The molecular weight excluding hydrogens is 432 g/mol. The largest absolute Gasteiger partial charge is 0.493 e. The molecule has 0 saturated carbocycles. The van der Waals surface area contributed by atoms with Gasteiger partial charge in [-0.2, -0.15) is 0 Å². The molecule has 0 spiro atoms. The third-order valence-electron chi connectivity index (χ3n) is 5.04. The molecule has 0 saturated heterocycles. The van der Waals surface area contributed by atoms with Crippen LogP contribution in [0.15, 0.2) is 36.4 Å². The molecule has 0 aromatic heterocycles. The molecule has 2 aromatic carbocycles. The molecule has 0 aliphatic rings. The van der Waals surface area contributed by atoms with Crippen LogP contribution in [-0.4, -0.2) is 59.4 Å². The molecule has 0 aliphatic heterocycles. The highest BCUT2D eigenvalue weighted by atomic mass is 16.5. The summed E-state index contributed by atoms with van der Waals surface area (Å²) in [7, 11) is 6.88. The molecule has 0 fully saturated rings. The summed E-state index contributed by atoms with van der Waals surface area (Å²) in [5, 5.41) is 0. The van der Waals surface area contributed by atoms with Crippen LogP contribution in [0.25, 0.3) is 0 Å². The quantitative estimate of drug-likeness (QED) is 0.369. The van der Waals surface area contributed by atoms with Crippen molar-refractivity contribution in [3.63, 3.8) is 0 Å². The van der Waals surface area contributed by atoms with Gasteiger partial charge in [-0.15, -0.1) is 0 Å². The van der Waals surface area contributed by atoms with E-state index >= 15 is 0 Å². The molecule has 178 valence electrons. The van der Waals surface area contributed by atoms with Gasteiger partial charge >= 0.3 is 11.9 Å². The van der Waals surface area contributed by atoms with Crippen molar-refractivity contribution >= 4 is 17.7 Å². The van der Waals surface area contributed by atoms with Crippen molar-refractivity contribution in [3.05, 3.63) is 47.5 Å². The number of Topliss-reactive ketones (excluding diaryl/α,β-unsaturated/α-hetero) is 1. The monoisotopic (exact) mass is 460 g/mol. The Morgan fingerprint density at radius 3 is 1.91 bits per heavy atom. The third kappa shape index (κ3) is 6.15. The zero-order valence-electron chi connectivity index (χ0n) is 19.5. The zero-order valence-corrected chi connectivity index (χ0v) is 19.5. The number of ether oxygens (including phenoxy) is 6. The average Bonchev–Trinajstić information content (AvgIpc) is 2.83. The molecule has 0 heterocycles. The van der Waals surface area contributed by atoms with Crippen molar-refractivity contribution in [3.8, 4) is 23.0 Å². The van der Waals surface area contributed by atoms with E-state index in [1.54, 1.807) is 30.3 Å². The van der Waals surface area contributed by atoms with Crippen LogP contribution in [0, 0.1) is 0 Å². The molecule has 2 atom stereocenters. The fraction of sp³-hybridized carbons (Fsp3) is 0.375. The minimum atomic E-state index is -1.03. The van der Waals surface area contributed by atoms with E-state index in [1.807, 2.05) is 0 Å². The molecular formula is C24H28O9. The Bertz CT molecular complexity index is 999. The maximum absolute atomic E-state index is 12.9. The van der Waals surface area contributed by atoms with Gasteiger partial charge in [0.1, 0.15) is 12.0 Å². The SMILES string of the molecule is COC(=O)CC(Oc1ccc(C(C)=O)cc1OC)C(C(=O)OC)c1ccc(OC)c(OC)c1. The van der Waals surface area contributed by atoms with Crippen LogP contribution < -0.4 is 18.9 Å². The Labute approximate surface area is 192 Å². The lowest BCUT2D eigenvalue weighted by atomic mass is 9.90. The summed E-state index contributed by atoms with van der Waals surface area (Å²) in [5.74, 6) is -1.01. The number of rotatable bonds is 11. The summed E-state index contributed by atoms with van der Waals surface area (Å²) in [6.45, 7) is 1.43. The van der Waals surface area contributed by atoms with Crippen LogP contribution in [0.1, 0.15) is 35.2 Å². The molecule has 33 heavy (non-hydrogen) atoms. The first-order valence-corrected chi connectivity index (χ1v) is 10.0. The minimum Gasteiger partial charge on any atom is -0.493 e. The Hall–Kier alpha value is -3.75. The van der Waals surface area contributed by atoms with E-state index in [9.17, 15) is 14.4 Å². The van der Waals surface area contributed by atoms with Crippen LogP contribution in [0.2, 0.25) is 0 Å². The standard InChI is InChI=1S/C24H28O9/c1-14(25)15-7-10-18(20(11-15)30-4)33-21(13-22(26)31-5)23(24(27)32-6)16-8-9-17(28-2)19(12-16)29-3/h7-12,21,23H,13H2,1-6H3. The second-order valence-electron chi connectivity index (χ2n) is 6.97. The van der Waals surface area contributed by atoms with Gasteiger partial charge in [-0.3, -0.25) is 14.4 Å². The molecule has 2 aromatic rings. The Balaban J connectivity index is 2.57. The summed E-state index contributed by atoms with van der Waals surface area (Å²) in [5.41, 5.74) is 0.904. The highest BCUT2D eigenvalue weighted by Gasteiger charge is 2.36. The molecule has 9 nitrogen and oxygen atoms in total. The predicted octanol–water partition coefficient (Wildman–Crippen LogP) is 3.18. The second kappa shape index (κ2) is 11.8. The number of esters is 2. The van der Waals surface area contributed by atoms with E-state index in [0.29, 0.717) is 22.6 Å². The Morgan fingerprint density at radius 1 is 0.758 bits per heavy atom. The summed E-state index contributed by atoms with van der Waals surface area (Å²) >= 11 is 0. The molecule has 2 unspecified atom stereocenters. The van der Waals surface area contributed by atoms with E-state index < -0.39 is 24.0 Å². The first-order valence-electron chi connectivity index (χ1n) is 10.0. The predicted molar refractivity (Wildman–Crippen MR) is 118 cm³/mol. The van der Waals surface area contributed by atoms with Gasteiger partial charge in [0.15, 0.2) is 28.8 Å². The van der Waals surface area contributed by atoms with Crippen molar-refractivity contribution < 1.29 is 42.8 Å². The Morgan fingerprint density at radius 2 is 1.36 bits per heavy atom. The van der Waals surface area contributed by atoms with Crippen molar-refractivity contribution in [1.82, 2.24) is 0 Å². The fourth-order valence-corrected chi connectivity index (χ4v) is 3.30. The first-order chi connectivity index (χ1) is 15.8. The number of ketones is 1. The maximum atomic E-state index is 12.9. The van der Waals surface area contributed by atoms with E-state index in [1.165, 1.54) is 48.5 Å². The normalized spacial score (nSPS) is 12.2. The van der Waals surface area contributed by atoms with Gasteiger partial charge in [-0.05, 0) is 42.8 Å². The molecule has 0 amide bonds. The Kier molecular flexibility index (Phi) is 9.08. The average molecular weight is 460 g/mol. The van der Waals surface area contributed by atoms with Gasteiger partial charge in [0, 0.05) is 5.56 Å². The van der Waals surface area contributed by atoms with Crippen LogP contribution in [0.4, 0.5) is 0 Å². The lowest BCUT2D eigenvalue weighted by Crippen LogP contribution is -2.34. The topological polar surface area (TPSA) is 107 Å². The van der Waals surface area contributed by atoms with Crippen molar-refractivity contribution in [1.29, 1.82) is 0 Å². The van der Waals surface area contributed by atoms with Crippen LogP contribution in [0.5, 0.6) is 23.0 Å². The third-order valence-corrected chi connectivity index (χ3v) is 5.04. The molecule has 9 heteroatoms. The van der Waals surface area contributed by atoms with Gasteiger partial charge in [0.25, 0.3) is 0 Å². The summed E-state index contributed by atoms with van der Waals surface area (Å²) in [6, 6.07) is 9.55. The summed E-state index contributed by atoms with van der Waals surface area (Å²) in [6.07, 6.45) is -1.29. The lowest BCUT2D eigenvalue weighted by Gasteiger charge is -2.27. The van der Waals surface area contributed by atoms with Crippen molar-refractivity contribution in [2.45, 2.75) is 25.4 Å². The minimum absolute atomic E-state index is 0.149. The highest BCUT2D eigenvalue weighted by Crippen LogP contribution is 2.37. The smallest absolute Gasteiger partial charge is 0.316 e. The van der Waals surface area contributed by atoms with Crippen molar-refractivity contribution in [2.24, 2.45) is 0 Å². The number of carbonyl (C=O) groups excluding carboxylic acids is 3. The highest BCUT2D eigenvalue weighted by molar-refractivity contribution is 5.94. The van der Waals surface area contributed by atoms with Crippen LogP contribution in [-0.2, 0) is 19.1 Å². The van der Waals surface area contributed by atoms with Gasteiger partial charge in [0.2, 0.25) is 0 Å². The van der Waals surface area contributed by atoms with Gasteiger partial charge in [-0.25, -0.2) is 0 Å². The van der Waals surface area contributed by atoms with Crippen LogP contribution >= 0.6 is 0 Å². The molecule has 0 N–H and O–H groups in total. The van der Waals surface area contributed by atoms with Crippen LogP contribution in [0.3, 0.4) is 0 Å². The number of methoxy groups -OCH3 is 5. The first kappa shape index (κ1) is 25.5. The zero-order chi connectivity index (χ0) is 24.5. The number of benzene rings is 2.